The van der Waals surface area contributed by atoms with E-state index in [2.05, 4.69) is 37.9 Å². The van der Waals surface area contributed by atoms with Crippen LogP contribution in [0.1, 0.15) is 34.8 Å². The number of nitriles is 1. The van der Waals surface area contributed by atoms with Crippen LogP contribution in [-0.2, 0) is 9.59 Å². The van der Waals surface area contributed by atoms with Crippen molar-refractivity contribution < 1.29 is 14.4 Å². The molecule has 7 nitrogen and oxygen atoms in total. The second kappa shape index (κ2) is 16.1. The fourth-order valence-corrected chi connectivity index (χ4v) is 6.97. The number of nitrogens with zero attached hydrogens (tertiary/aromatic N) is 1. The number of amides is 3. The first kappa shape index (κ1) is 33.4. The Bertz CT molecular complexity index is 1970. The van der Waals surface area contributed by atoms with Crippen molar-refractivity contribution in [3.63, 3.8) is 0 Å². The molecule has 234 valence electrons. The van der Waals surface area contributed by atoms with Gasteiger partial charge >= 0.3 is 0 Å². The van der Waals surface area contributed by atoms with Gasteiger partial charge in [-0.3, -0.25) is 14.4 Å². The highest BCUT2D eigenvalue weighted by atomic mass is 79.9. The lowest BCUT2D eigenvalue weighted by atomic mass is 10.1. The van der Waals surface area contributed by atoms with Crippen LogP contribution in [0.3, 0.4) is 0 Å². The SMILES string of the molecule is CCC(Sc1cccc(NC(=O)/C(=C\c2cccc(Br)c2)NC(=O)c2ccccc2)c1)C(=O)Nc1scc(-c2ccccc2)c1C#N. The van der Waals surface area contributed by atoms with E-state index in [4.69, 9.17) is 0 Å². The van der Waals surface area contributed by atoms with E-state index in [1.54, 1.807) is 48.5 Å². The Hall–Kier alpha value is -4.95. The van der Waals surface area contributed by atoms with Gasteiger partial charge in [-0.05, 0) is 66.1 Å². The monoisotopic (exact) mass is 720 g/mol. The highest BCUT2D eigenvalue weighted by molar-refractivity contribution is 9.10. The van der Waals surface area contributed by atoms with Crippen molar-refractivity contribution in [2.24, 2.45) is 0 Å². The molecular formula is C37H29BrN4O3S2. The zero-order chi connectivity index (χ0) is 33.2. The number of hydrogen-bond donors (Lipinski definition) is 3. The molecule has 1 atom stereocenters. The van der Waals surface area contributed by atoms with Gasteiger partial charge in [-0.2, -0.15) is 5.26 Å². The normalized spacial score (nSPS) is 11.6. The highest BCUT2D eigenvalue weighted by Gasteiger charge is 2.22. The molecule has 0 spiro atoms. The standard InChI is InChI=1S/C37H29BrN4O3S2/c1-2-33(36(45)42-37-30(22-39)31(23-46-37)25-12-5-3-6-13-25)47-29-18-10-17-28(21-29)40-35(44)32(20-24-11-9-16-27(38)19-24)41-34(43)26-14-7-4-8-15-26/h3-21,23,33H,2H2,1H3,(H,40,44)(H,41,43)(H,42,45)/b32-20+. The van der Waals surface area contributed by atoms with Crippen LogP contribution in [0, 0.1) is 11.3 Å². The van der Waals surface area contributed by atoms with Crippen molar-refractivity contribution in [3.05, 3.63) is 141 Å². The van der Waals surface area contributed by atoms with Gasteiger partial charge in [0.15, 0.2) is 0 Å². The van der Waals surface area contributed by atoms with Gasteiger partial charge < -0.3 is 16.0 Å². The van der Waals surface area contributed by atoms with E-state index in [9.17, 15) is 19.6 Å². The maximum atomic E-state index is 13.5. The Balaban J connectivity index is 1.30. The maximum Gasteiger partial charge on any atom is 0.272 e. The van der Waals surface area contributed by atoms with Gasteiger partial charge in [0.05, 0.1) is 10.8 Å². The number of thiophene rings is 1. The van der Waals surface area contributed by atoms with E-state index in [1.165, 1.54) is 23.1 Å². The van der Waals surface area contributed by atoms with Crippen molar-refractivity contribution in [2.75, 3.05) is 10.6 Å². The molecule has 3 N–H and O–H groups in total. The van der Waals surface area contributed by atoms with Crippen LogP contribution in [0.25, 0.3) is 17.2 Å². The summed E-state index contributed by atoms with van der Waals surface area (Å²) in [6.45, 7) is 1.92. The molecule has 0 fully saturated rings. The molecule has 47 heavy (non-hydrogen) atoms. The molecule has 0 bridgehead atoms. The van der Waals surface area contributed by atoms with Crippen molar-refractivity contribution in [3.8, 4) is 17.2 Å². The zero-order valence-electron chi connectivity index (χ0n) is 25.2. The molecule has 1 aromatic heterocycles. The van der Waals surface area contributed by atoms with Crippen molar-refractivity contribution in [1.82, 2.24) is 5.32 Å². The first-order chi connectivity index (χ1) is 22.8. The molecule has 5 rings (SSSR count). The smallest absolute Gasteiger partial charge is 0.272 e. The average Bonchev–Trinajstić information content (AvgIpc) is 3.50. The predicted octanol–water partition coefficient (Wildman–Crippen LogP) is 8.97. The number of benzene rings is 4. The zero-order valence-corrected chi connectivity index (χ0v) is 28.4. The Morgan fingerprint density at radius 2 is 1.64 bits per heavy atom. The van der Waals surface area contributed by atoms with Crippen LogP contribution in [0.4, 0.5) is 10.7 Å². The van der Waals surface area contributed by atoms with Gasteiger partial charge in [-0.25, -0.2) is 0 Å². The van der Waals surface area contributed by atoms with Crippen LogP contribution in [0.15, 0.2) is 130 Å². The summed E-state index contributed by atoms with van der Waals surface area (Å²) in [6, 6.07) is 35.1. The van der Waals surface area contributed by atoms with Crippen LogP contribution < -0.4 is 16.0 Å². The highest BCUT2D eigenvalue weighted by Crippen LogP contribution is 2.36. The summed E-state index contributed by atoms with van der Waals surface area (Å²) in [7, 11) is 0. The molecule has 5 aromatic rings. The third kappa shape index (κ3) is 8.86. The van der Waals surface area contributed by atoms with E-state index in [-0.39, 0.29) is 11.6 Å². The minimum Gasteiger partial charge on any atom is -0.321 e. The largest absolute Gasteiger partial charge is 0.321 e. The summed E-state index contributed by atoms with van der Waals surface area (Å²) in [5.41, 5.74) is 3.84. The number of halogens is 1. The van der Waals surface area contributed by atoms with Crippen molar-refractivity contribution in [2.45, 2.75) is 23.5 Å². The fourth-order valence-electron chi connectivity index (χ4n) is 4.62. The molecule has 0 aliphatic carbocycles. The Morgan fingerprint density at radius 3 is 2.34 bits per heavy atom. The van der Waals surface area contributed by atoms with Gasteiger partial charge in [0.2, 0.25) is 5.91 Å². The summed E-state index contributed by atoms with van der Waals surface area (Å²) >= 11 is 6.14. The third-order valence-electron chi connectivity index (χ3n) is 6.95. The Labute approximate surface area is 289 Å². The van der Waals surface area contributed by atoms with E-state index in [0.29, 0.717) is 28.2 Å². The molecular weight excluding hydrogens is 692 g/mol. The third-order valence-corrected chi connectivity index (χ3v) is 9.69. The molecule has 3 amide bonds. The number of carbonyl (C=O) groups excluding carboxylic acids is 3. The fraction of sp³-hybridized carbons (Fsp3) is 0.0811. The maximum absolute atomic E-state index is 13.5. The minimum absolute atomic E-state index is 0.0694. The summed E-state index contributed by atoms with van der Waals surface area (Å²) in [4.78, 5) is 40.7. The molecule has 0 radical (unpaired) electrons. The second-order valence-corrected chi connectivity index (χ2v) is 13.3. The summed E-state index contributed by atoms with van der Waals surface area (Å²) in [5.74, 6) is -1.13. The van der Waals surface area contributed by atoms with E-state index in [0.717, 1.165) is 26.1 Å². The van der Waals surface area contributed by atoms with Gasteiger partial charge in [0.25, 0.3) is 11.8 Å². The van der Waals surface area contributed by atoms with E-state index < -0.39 is 17.1 Å². The number of anilines is 2. The first-order valence-electron chi connectivity index (χ1n) is 14.6. The lowest BCUT2D eigenvalue weighted by Gasteiger charge is -2.16. The lowest BCUT2D eigenvalue weighted by molar-refractivity contribution is -0.116. The molecule has 1 unspecified atom stereocenters. The van der Waals surface area contributed by atoms with Crippen LogP contribution >= 0.6 is 39.0 Å². The van der Waals surface area contributed by atoms with Gasteiger partial charge in [-0.1, -0.05) is 89.6 Å². The Morgan fingerprint density at radius 1 is 0.915 bits per heavy atom. The van der Waals surface area contributed by atoms with Gasteiger partial charge in [0, 0.05) is 31.6 Å². The number of rotatable bonds is 11. The number of hydrogen-bond acceptors (Lipinski definition) is 6. The van der Waals surface area contributed by atoms with Crippen LogP contribution in [0.2, 0.25) is 0 Å². The minimum atomic E-state index is -0.503. The Kier molecular flexibility index (Phi) is 11.4. The number of nitrogens with one attached hydrogen (secondary N) is 3. The number of carbonyl (C=O) groups is 3. The summed E-state index contributed by atoms with van der Waals surface area (Å²) in [5, 5.41) is 20.4. The summed E-state index contributed by atoms with van der Waals surface area (Å²) < 4.78 is 0.833. The quantitative estimate of drug-likeness (QED) is 0.0932. The lowest BCUT2D eigenvalue weighted by Crippen LogP contribution is -2.30. The van der Waals surface area contributed by atoms with Crippen LogP contribution in [-0.4, -0.2) is 23.0 Å². The molecule has 10 heteroatoms. The second-order valence-electron chi connectivity index (χ2n) is 10.3. The van der Waals surface area contributed by atoms with Crippen LogP contribution in [0.5, 0.6) is 0 Å². The first-order valence-corrected chi connectivity index (χ1v) is 17.2. The topological polar surface area (TPSA) is 111 Å². The predicted molar refractivity (Wildman–Crippen MR) is 194 cm³/mol. The van der Waals surface area contributed by atoms with Crippen molar-refractivity contribution >= 4 is 73.5 Å². The molecule has 1 heterocycles. The number of thioether (sulfide) groups is 1. The molecule has 0 saturated carbocycles. The molecule has 0 saturated heterocycles. The molecule has 0 aliphatic rings. The van der Waals surface area contributed by atoms with Gasteiger partial charge in [-0.15, -0.1) is 23.1 Å². The average molecular weight is 722 g/mol. The molecule has 0 aliphatic heterocycles. The molecule has 4 aromatic carbocycles. The summed E-state index contributed by atoms with van der Waals surface area (Å²) in [6.07, 6.45) is 2.15. The van der Waals surface area contributed by atoms with Crippen molar-refractivity contribution in [1.29, 1.82) is 5.26 Å². The van der Waals surface area contributed by atoms with E-state index >= 15 is 0 Å². The van der Waals surface area contributed by atoms with Gasteiger partial charge in [0.1, 0.15) is 16.8 Å². The van der Waals surface area contributed by atoms with E-state index in [1.807, 2.05) is 79.0 Å².